The largest absolute Gasteiger partial charge is 0.450 e. The molecule has 1 amide bonds. The smallest absolute Gasteiger partial charge is 0.323 e. The van der Waals surface area contributed by atoms with Gasteiger partial charge in [-0.2, -0.15) is 4.39 Å². The van der Waals surface area contributed by atoms with Crippen LogP contribution in [0.4, 0.5) is 4.39 Å². The Morgan fingerprint density at radius 3 is 2.59 bits per heavy atom. The highest BCUT2D eigenvalue weighted by atomic mass is 19.2. The lowest BCUT2D eigenvalue weighted by atomic mass is 10.1. The zero-order chi connectivity index (χ0) is 13.1. The van der Waals surface area contributed by atoms with Gasteiger partial charge in [0.2, 0.25) is 0 Å². The van der Waals surface area contributed by atoms with Crippen LogP contribution in [0.15, 0.2) is 18.2 Å². The molecule has 0 fully saturated rings. The minimum atomic E-state index is -2.35. The van der Waals surface area contributed by atoms with Gasteiger partial charge in [0, 0.05) is 13.5 Å². The van der Waals surface area contributed by atoms with Crippen LogP contribution in [0.5, 0.6) is 5.75 Å². The number of aryl methyl sites for hydroxylation is 2. The molecule has 94 valence electrons. The Hall–Kier alpha value is -1.58. The summed E-state index contributed by atoms with van der Waals surface area (Å²) in [5, 5.41) is 2.39. The molecule has 1 rings (SSSR count). The lowest BCUT2D eigenvalue weighted by Gasteiger charge is -2.21. The lowest BCUT2D eigenvalue weighted by molar-refractivity contribution is -0.150. The zero-order valence-electron chi connectivity index (χ0n) is 10.6. The SMILES string of the molecule is CCNC(=O)C(C)(F)Oc1ccc(C)c(C)c1. The number of rotatable bonds is 4. The van der Waals surface area contributed by atoms with Gasteiger partial charge in [0.15, 0.2) is 0 Å². The molecule has 1 aromatic rings. The lowest BCUT2D eigenvalue weighted by Crippen LogP contribution is -2.45. The summed E-state index contributed by atoms with van der Waals surface area (Å²) in [4.78, 5) is 11.4. The van der Waals surface area contributed by atoms with Gasteiger partial charge in [0.05, 0.1) is 0 Å². The summed E-state index contributed by atoms with van der Waals surface area (Å²) in [6.45, 7) is 7.06. The highest BCUT2D eigenvalue weighted by Gasteiger charge is 2.34. The van der Waals surface area contributed by atoms with E-state index < -0.39 is 11.8 Å². The fraction of sp³-hybridized carbons (Fsp3) is 0.462. The van der Waals surface area contributed by atoms with E-state index in [1.807, 2.05) is 19.9 Å². The standard InChI is InChI=1S/C13H18FNO2/c1-5-15-12(16)13(4,14)17-11-7-6-9(2)10(3)8-11/h6-8H,5H2,1-4H3,(H,15,16). The first-order valence-electron chi connectivity index (χ1n) is 5.60. The van der Waals surface area contributed by atoms with Crippen molar-refractivity contribution in [2.45, 2.75) is 33.5 Å². The number of nitrogens with one attached hydrogen (secondary N) is 1. The van der Waals surface area contributed by atoms with Crippen molar-refractivity contribution >= 4 is 5.91 Å². The summed E-state index contributed by atoms with van der Waals surface area (Å²) in [7, 11) is 0. The van der Waals surface area contributed by atoms with Crippen molar-refractivity contribution < 1.29 is 13.9 Å². The van der Waals surface area contributed by atoms with Crippen molar-refractivity contribution in [1.29, 1.82) is 0 Å². The molecule has 0 aromatic heterocycles. The third-order valence-corrected chi connectivity index (χ3v) is 2.53. The molecule has 0 aliphatic carbocycles. The summed E-state index contributed by atoms with van der Waals surface area (Å²) in [5.74, 6) is -2.76. The minimum Gasteiger partial charge on any atom is -0.450 e. The van der Waals surface area contributed by atoms with E-state index in [0.29, 0.717) is 12.3 Å². The van der Waals surface area contributed by atoms with Crippen molar-refractivity contribution in [1.82, 2.24) is 5.32 Å². The summed E-state index contributed by atoms with van der Waals surface area (Å²) >= 11 is 0. The molecule has 0 aliphatic heterocycles. The van der Waals surface area contributed by atoms with Gasteiger partial charge in [-0.1, -0.05) is 6.07 Å². The van der Waals surface area contributed by atoms with Crippen LogP contribution in [0, 0.1) is 13.8 Å². The number of ether oxygens (including phenoxy) is 1. The number of benzene rings is 1. The maximum atomic E-state index is 14.0. The highest BCUT2D eigenvalue weighted by Crippen LogP contribution is 2.22. The first-order valence-corrected chi connectivity index (χ1v) is 5.60. The summed E-state index contributed by atoms with van der Waals surface area (Å²) < 4.78 is 19.0. The van der Waals surface area contributed by atoms with Crippen molar-refractivity contribution in [2.75, 3.05) is 6.54 Å². The Morgan fingerprint density at radius 2 is 2.06 bits per heavy atom. The van der Waals surface area contributed by atoms with Gasteiger partial charge >= 0.3 is 5.85 Å². The molecule has 4 heteroatoms. The number of likely N-dealkylation sites (N-methyl/N-ethyl adjacent to an activating group) is 1. The van der Waals surface area contributed by atoms with E-state index in [1.165, 1.54) is 0 Å². The van der Waals surface area contributed by atoms with E-state index in [0.717, 1.165) is 18.1 Å². The average Bonchev–Trinajstić information content (AvgIpc) is 2.23. The van der Waals surface area contributed by atoms with Crippen molar-refractivity contribution in [2.24, 2.45) is 0 Å². The molecule has 0 saturated heterocycles. The molecule has 1 atom stereocenters. The molecular formula is C13H18FNO2. The number of amides is 1. The van der Waals surface area contributed by atoms with E-state index in [9.17, 15) is 9.18 Å². The van der Waals surface area contributed by atoms with E-state index >= 15 is 0 Å². The highest BCUT2D eigenvalue weighted by molar-refractivity contribution is 5.83. The number of carbonyl (C=O) groups is 1. The first-order chi connectivity index (χ1) is 7.86. The molecule has 0 aliphatic rings. The molecule has 3 nitrogen and oxygen atoms in total. The van der Waals surface area contributed by atoms with Crippen LogP contribution in [0.2, 0.25) is 0 Å². The topological polar surface area (TPSA) is 38.3 Å². The Bertz CT molecular complexity index is 416. The molecule has 0 heterocycles. The normalized spacial score (nSPS) is 13.9. The number of hydrogen-bond donors (Lipinski definition) is 1. The second kappa shape index (κ2) is 5.17. The van der Waals surface area contributed by atoms with E-state index in [-0.39, 0.29) is 0 Å². The monoisotopic (exact) mass is 239 g/mol. The molecule has 1 N–H and O–H groups in total. The number of alkyl halides is 1. The van der Waals surface area contributed by atoms with Gasteiger partial charge in [-0.15, -0.1) is 0 Å². The van der Waals surface area contributed by atoms with Crippen molar-refractivity contribution in [3.63, 3.8) is 0 Å². The van der Waals surface area contributed by atoms with Crippen LogP contribution in [-0.2, 0) is 4.79 Å². The average molecular weight is 239 g/mol. The Kier molecular flexibility index (Phi) is 4.10. The number of halogens is 1. The molecule has 0 bridgehead atoms. The number of carbonyl (C=O) groups excluding carboxylic acids is 1. The molecule has 0 saturated carbocycles. The first kappa shape index (κ1) is 13.5. The fourth-order valence-corrected chi connectivity index (χ4v) is 1.36. The second-order valence-corrected chi connectivity index (χ2v) is 4.12. The molecule has 17 heavy (non-hydrogen) atoms. The third-order valence-electron chi connectivity index (χ3n) is 2.53. The Balaban J connectivity index is 2.82. The Labute approximate surface area is 101 Å². The van der Waals surface area contributed by atoms with Crippen LogP contribution in [0.25, 0.3) is 0 Å². The summed E-state index contributed by atoms with van der Waals surface area (Å²) in [6, 6.07) is 5.20. The van der Waals surface area contributed by atoms with Crippen LogP contribution in [0.3, 0.4) is 0 Å². The molecule has 1 aromatic carbocycles. The second-order valence-electron chi connectivity index (χ2n) is 4.12. The van der Waals surface area contributed by atoms with Gasteiger partial charge in [0.25, 0.3) is 5.91 Å². The zero-order valence-corrected chi connectivity index (χ0v) is 10.6. The quantitative estimate of drug-likeness (QED) is 0.876. The van der Waals surface area contributed by atoms with Gasteiger partial charge in [0.1, 0.15) is 5.75 Å². The predicted molar refractivity (Wildman–Crippen MR) is 64.7 cm³/mol. The van der Waals surface area contributed by atoms with Crippen LogP contribution < -0.4 is 10.1 Å². The van der Waals surface area contributed by atoms with Crippen molar-refractivity contribution in [3.8, 4) is 5.75 Å². The molecule has 0 spiro atoms. The van der Waals surface area contributed by atoms with E-state index in [2.05, 4.69) is 5.32 Å². The van der Waals surface area contributed by atoms with Crippen molar-refractivity contribution in [3.05, 3.63) is 29.3 Å². The minimum absolute atomic E-state index is 0.351. The predicted octanol–water partition coefficient (Wildman–Crippen LogP) is 2.50. The maximum absolute atomic E-state index is 14.0. The van der Waals surface area contributed by atoms with Crippen LogP contribution >= 0.6 is 0 Å². The fourth-order valence-electron chi connectivity index (χ4n) is 1.36. The summed E-state index contributed by atoms with van der Waals surface area (Å²) in [5.41, 5.74) is 2.09. The maximum Gasteiger partial charge on any atom is 0.323 e. The Morgan fingerprint density at radius 1 is 1.41 bits per heavy atom. The number of hydrogen-bond acceptors (Lipinski definition) is 2. The van der Waals surface area contributed by atoms with Gasteiger partial charge < -0.3 is 10.1 Å². The third kappa shape index (κ3) is 3.44. The van der Waals surface area contributed by atoms with Crippen LogP contribution in [-0.4, -0.2) is 18.3 Å². The van der Waals surface area contributed by atoms with Gasteiger partial charge in [-0.3, -0.25) is 4.79 Å². The summed E-state index contributed by atoms with van der Waals surface area (Å²) in [6.07, 6.45) is 0. The van der Waals surface area contributed by atoms with Crippen LogP contribution in [0.1, 0.15) is 25.0 Å². The van der Waals surface area contributed by atoms with E-state index in [4.69, 9.17) is 4.74 Å². The van der Waals surface area contributed by atoms with Gasteiger partial charge in [-0.05, 0) is 44.0 Å². The van der Waals surface area contributed by atoms with Gasteiger partial charge in [-0.25, -0.2) is 0 Å². The molecular weight excluding hydrogens is 221 g/mol. The molecule has 0 radical (unpaired) electrons. The van der Waals surface area contributed by atoms with E-state index in [1.54, 1.807) is 19.1 Å². The molecule has 1 unspecified atom stereocenters.